The number of pyridine rings is 1. The van der Waals surface area contributed by atoms with Crippen LogP contribution in [0, 0.1) is 5.41 Å². The third-order valence-corrected chi connectivity index (χ3v) is 6.87. The van der Waals surface area contributed by atoms with Crippen molar-refractivity contribution in [2.24, 2.45) is 5.41 Å². The molecule has 1 aliphatic carbocycles. The number of allylic oxidation sites excluding steroid dienone is 4. The third kappa shape index (κ3) is 4.31. The second-order valence-electron chi connectivity index (χ2n) is 9.91. The molecule has 36 heavy (non-hydrogen) atoms. The van der Waals surface area contributed by atoms with Gasteiger partial charge in [-0.2, -0.15) is 0 Å². The van der Waals surface area contributed by atoms with Crippen LogP contribution in [0.25, 0.3) is 27.9 Å². The van der Waals surface area contributed by atoms with Gasteiger partial charge in [0.25, 0.3) is 0 Å². The fraction of sp³-hybridized carbons (Fsp3) is 0.250. The van der Waals surface area contributed by atoms with E-state index in [1.807, 2.05) is 42.7 Å². The number of nitrogens with one attached hydrogen (secondary N) is 3. The molecule has 0 bridgehead atoms. The molecule has 6 rings (SSSR count). The van der Waals surface area contributed by atoms with E-state index in [1.54, 1.807) is 18.6 Å². The molecule has 1 saturated heterocycles. The summed E-state index contributed by atoms with van der Waals surface area (Å²) in [6.45, 7) is 6.53. The van der Waals surface area contributed by atoms with Crippen LogP contribution in [-0.2, 0) is 0 Å². The van der Waals surface area contributed by atoms with Crippen molar-refractivity contribution < 1.29 is 0 Å². The Morgan fingerprint density at radius 2 is 1.97 bits per heavy atom. The first-order valence-corrected chi connectivity index (χ1v) is 12.2. The quantitative estimate of drug-likeness (QED) is 0.358. The lowest BCUT2D eigenvalue weighted by Gasteiger charge is -2.40. The SMILES string of the molecule is CC1(C)CNCC[C@@H]1Nc1nc(-c2cccc(Nc3cnccn3)c2)nc2cncc(C3=CC=C3)c12. The highest BCUT2D eigenvalue weighted by Crippen LogP contribution is 2.36. The number of hydrogen-bond acceptors (Lipinski definition) is 8. The number of hydrogen-bond donors (Lipinski definition) is 3. The molecular formula is C28H28N8. The molecule has 0 unspecified atom stereocenters. The van der Waals surface area contributed by atoms with Gasteiger partial charge in [0.05, 0.1) is 23.3 Å². The number of benzene rings is 1. The van der Waals surface area contributed by atoms with Crippen molar-refractivity contribution in [1.29, 1.82) is 0 Å². The summed E-state index contributed by atoms with van der Waals surface area (Å²) in [6, 6.07) is 8.31. The fourth-order valence-electron chi connectivity index (χ4n) is 4.76. The summed E-state index contributed by atoms with van der Waals surface area (Å²) in [7, 11) is 0. The Morgan fingerprint density at radius 1 is 1.06 bits per heavy atom. The van der Waals surface area contributed by atoms with Crippen LogP contribution in [0.3, 0.4) is 0 Å². The van der Waals surface area contributed by atoms with E-state index in [1.165, 1.54) is 0 Å². The smallest absolute Gasteiger partial charge is 0.162 e. The zero-order valence-corrected chi connectivity index (χ0v) is 20.4. The van der Waals surface area contributed by atoms with Gasteiger partial charge < -0.3 is 16.0 Å². The summed E-state index contributed by atoms with van der Waals surface area (Å²) in [6.07, 6.45) is 16.0. The molecule has 8 heteroatoms. The summed E-state index contributed by atoms with van der Waals surface area (Å²) in [5, 5.41) is 11.6. The molecule has 0 saturated carbocycles. The van der Waals surface area contributed by atoms with Crippen molar-refractivity contribution in [3.8, 4) is 11.4 Å². The molecule has 4 aromatic rings. The number of rotatable bonds is 6. The molecule has 1 aromatic carbocycles. The second-order valence-corrected chi connectivity index (χ2v) is 9.91. The van der Waals surface area contributed by atoms with E-state index < -0.39 is 0 Å². The van der Waals surface area contributed by atoms with Crippen molar-refractivity contribution in [1.82, 2.24) is 30.2 Å². The van der Waals surface area contributed by atoms with Gasteiger partial charge in [-0.05, 0) is 36.1 Å². The van der Waals surface area contributed by atoms with Crippen LogP contribution in [0.2, 0.25) is 0 Å². The van der Waals surface area contributed by atoms with E-state index >= 15 is 0 Å². The predicted molar refractivity (Wildman–Crippen MR) is 144 cm³/mol. The highest BCUT2D eigenvalue weighted by molar-refractivity contribution is 6.02. The first-order chi connectivity index (χ1) is 17.6. The minimum Gasteiger partial charge on any atom is -0.366 e. The predicted octanol–water partition coefficient (Wildman–Crippen LogP) is 4.98. The maximum Gasteiger partial charge on any atom is 0.162 e. The van der Waals surface area contributed by atoms with Crippen molar-refractivity contribution >= 4 is 33.8 Å². The Bertz CT molecular complexity index is 1480. The summed E-state index contributed by atoms with van der Waals surface area (Å²) < 4.78 is 0. The van der Waals surface area contributed by atoms with Gasteiger partial charge in [-0.15, -0.1) is 0 Å². The molecule has 180 valence electrons. The maximum absolute atomic E-state index is 5.10. The molecule has 1 aliphatic heterocycles. The molecule has 3 N–H and O–H groups in total. The van der Waals surface area contributed by atoms with E-state index in [4.69, 9.17) is 9.97 Å². The lowest BCUT2D eigenvalue weighted by Crippen LogP contribution is -2.49. The van der Waals surface area contributed by atoms with Gasteiger partial charge in [-0.25, -0.2) is 15.0 Å². The summed E-state index contributed by atoms with van der Waals surface area (Å²) in [5.74, 6) is 2.18. The average Bonchev–Trinajstić information content (AvgIpc) is 2.85. The van der Waals surface area contributed by atoms with Gasteiger partial charge >= 0.3 is 0 Å². The number of aromatic nitrogens is 5. The van der Waals surface area contributed by atoms with Crippen molar-refractivity contribution in [2.75, 3.05) is 23.7 Å². The molecule has 4 heterocycles. The Kier molecular flexibility index (Phi) is 5.65. The van der Waals surface area contributed by atoms with Crippen LogP contribution in [0.1, 0.15) is 25.8 Å². The Labute approximate surface area is 210 Å². The Hall–Kier alpha value is -4.17. The number of fused-ring (bicyclic) bond motifs is 1. The normalized spacial score (nSPS) is 18.4. The van der Waals surface area contributed by atoms with Crippen molar-refractivity contribution in [2.45, 2.75) is 26.3 Å². The van der Waals surface area contributed by atoms with Gasteiger partial charge in [-0.3, -0.25) is 9.97 Å². The molecular weight excluding hydrogens is 448 g/mol. The zero-order chi connectivity index (χ0) is 24.5. The van der Waals surface area contributed by atoms with Crippen LogP contribution >= 0.6 is 0 Å². The van der Waals surface area contributed by atoms with E-state index in [-0.39, 0.29) is 11.5 Å². The molecule has 0 spiro atoms. The van der Waals surface area contributed by atoms with Gasteiger partial charge in [0, 0.05) is 48.0 Å². The van der Waals surface area contributed by atoms with Crippen LogP contribution in [0.4, 0.5) is 17.3 Å². The number of piperidine rings is 1. The average molecular weight is 477 g/mol. The molecule has 2 aliphatic rings. The topological polar surface area (TPSA) is 101 Å². The van der Waals surface area contributed by atoms with E-state index in [2.05, 4.69) is 56.9 Å². The first-order valence-electron chi connectivity index (χ1n) is 12.2. The van der Waals surface area contributed by atoms with Gasteiger partial charge in [0.15, 0.2) is 5.82 Å². The lowest BCUT2D eigenvalue weighted by atomic mass is 9.80. The van der Waals surface area contributed by atoms with Crippen molar-refractivity contribution in [3.63, 3.8) is 0 Å². The van der Waals surface area contributed by atoms with Crippen molar-refractivity contribution in [3.05, 3.63) is 79.0 Å². The highest BCUT2D eigenvalue weighted by atomic mass is 15.1. The lowest BCUT2D eigenvalue weighted by molar-refractivity contribution is 0.236. The van der Waals surface area contributed by atoms with Gasteiger partial charge in [0.2, 0.25) is 0 Å². The fourth-order valence-corrected chi connectivity index (χ4v) is 4.76. The summed E-state index contributed by atoms with van der Waals surface area (Å²) in [4.78, 5) is 23.0. The summed E-state index contributed by atoms with van der Waals surface area (Å²) >= 11 is 0. The second kappa shape index (κ2) is 9.13. The molecule has 8 nitrogen and oxygen atoms in total. The number of nitrogens with zero attached hydrogens (tertiary/aromatic N) is 5. The molecule has 1 atom stereocenters. The summed E-state index contributed by atoms with van der Waals surface area (Å²) in [5.41, 5.74) is 4.90. The number of anilines is 3. The largest absolute Gasteiger partial charge is 0.366 e. The van der Waals surface area contributed by atoms with Crippen LogP contribution in [0.5, 0.6) is 0 Å². The Balaban J connectivity index is 1.44. The van der Waals surface area contributed by atoms with Gasteiger partial charge in [-0.1, -0.05) is 44.2 Å². The van der Waals surface area contributed by atoms with Crippen LogP contribution < -0.4 is 16.0 Å². The van der Waals surface area contributed by atoms with E-state index in [0.29, 0.717) is 11.6 Å². The van der Waals surface area contributed by atoms with Gasteiger partial charge in [0.1, 0.15) is 11.6 Å². The highest BCUT2D eigenvalue weighted by Gasteiger charge is 2.33. The standard InChI is InChI=1S/C28H28N8/c1-28(2)17-30-10-9-23(28)35-27-25-21(18-5-3-6-18)14-31-15-22(25)34-26(36-27)19-7-4-8-20(13-19)33-24-16-29-11-12-32-24/h3-8,11-16,23,30H,9-10,17H2,1-2H3,(H,32,33)(H,34,35,36)/t23-/m0/s1. The zero-order valence-electron chi connectivity index (χ0n) is 20.4. The third-order valence-electron chi connectivity index (χ3n) is 6.87. The minimum atomic E-state index is 0.0824. The minimum absolute atomic E-state index is 0.0824. The monoisotopic (exact) mass is 476 g/mol. The van der Waals surface area contributed by atoms with E-state index in [0.717, 1.165) is 58.6 Å². The van der Waals surface area contributed by atoms with Crippen LogP contribution in [-0.4, -0.2) is 44.1 Å². The molecule has 0 radical (unpaired) electrons. The van der Waals surface area contributed by atoms with E-state index in [9.17, 15) is 0 Å². The first kappa shape index (κ1) is 22.3. The molecule has 1 fully saturated rings. The Morgan fingerprint density at radius 3 is 2.75 bits per heavy atom. The van der Waals surface area contributed by atoms with Crippen LogP contribution in [0.15, 0.2) is 73.5 Å². The molecule has 3 aromatic heterocycles. The maximum atomic E-state index is 5.10. The molecule has 0 amide bonds.